The first-order valence-corrected chi connectivity index (χ1v) is 7.45. The van der Waals surface area contributed by atoms with E-state index in [1.807, 2.05) is 0 Å². The molecule has 2 aromatic rings. The van der Waals surface area contributed by atoms with Crippen molar-refractivity contribution in [2.45, 2.75) is 18.8 Å². The molecule has 0 radical (unpaired) electrons. The molecule has 5 heteroatoms. The fourth-order valence-corrected chi connectivity index (χ4v) is 3.59. The van der Waals surface area contributed by atoms with Gasteiger partial charge in [0, 0.05) is 18.2 Å². The monoisotopic (exact) mass is 311 g/mol. The summed E-state index contributed by atoms with van der Waals surface area (Å²) in [6, 6.07) is 6.36. The first kappa shape index (κ1) is 11.4. The number of hydrogen-bond donors (Lipinski definition) is 2. The Morgan fingerprint density at radius 2 is 2.35 bits per heavy atom. The number of thiophene rings is 1. The van der Waals surface area contributed by atoms with Gasteiger partial charge < -0.3 is 5.32 Å². The lowest BCUT2D eigenvalue weighted by Crippen LogP contribution is -2.28. The van der Waals surface area contributed by atoms with Crippen molar-refractivity contribution in [2.24, 2.45) is 0 Å². The molecule has 0 saturated carbocycles. The lowest BCUT2D eigenvalue weighted by atomic mass is 9.96. The van der Waals surface area contributed by atoms with E-state index in [2.05, 4.69) is 49.6 Å². The maximum Gasteiger partial charge on any atom is 0.102 e. The number of aromatic amines is 1. The molecule has 1 aliphatic heterocycles. The largest absolute Gasteiger partial charge is 0.316 e. The van der Waals surface area contributed by atoms with Gasteiger partial charge in [0.15, 0.2) is 0 Å². The number of nitrogens with zero attached hydrogens (tertiary/aromatic N) is 1. The Kier molecular flexibility index (Phi) is 3.31. The summed E-state index contributed by atoms with van der Waals surface area (Å²) in [5, 5.41) is 11.0. The summed E-state index contributed by atoms with van der Waals surface area (Å²) in [5.74, 6) is 0.591. The molecule has 90 valence electrons. The second-order valence-electron chi connectivity index (χ2n) is 4.36. The maximum absolute atomic E-state index is 4.41. The maximum atomic E-state index is 4.41. The fourth-order valence-electron chi connectivity index (χ4n) is 2.24. The summed E-state index contributed by atoms with van der Waals surface area (Å²) in [4.78, 5) is 1.21. The molecule has 3 rings (SSSR count). The molecule has 17 heavy (non-hydrogen) atoms. The number of hydrogen-bond acceptors (Lipinski definition) is 3. The van der Waals surface area contributed by atoms with Crippen LogP contribution in [0.15, 0.2) is 22.0 Å². The first-order chi connectivity index (χ1) is 8.33. The van der Waals surface area contributed by atoms with E-state index in [4.69, 9.17) is 0 Å². The molecule has 0 aliphatic carbocycles. The Balaban J connectivity index is 1.82. The summed E-state index contributed by atoms with van der Waals surface area (Å²) >= 11 is 5.20. The number of nitrogens with one attached hydrogen (secondary N) is 2. The summed E-state index contributed by atoms with van der Waals surface area (Å²) in [6.45, 7) is 2.21. The molecule has 0 amide bonds. The SMILES string of the molecule is Brc1ccc(-c2cc(C3CCCNC3)[nH]n2)s1. The van der Waals surface area contributed by atoms with Crippen LogP contribution in [0.25, 0.3) is 10.6 Å². The molecule has 3 nitrogen and oxygen atoms in total. The summed E-state index contributed by atoms with van der Waals surface area (Å²) in [6.07, 6.45) is 2.51. The predicted octanol–water partition coefficient (Wildman–Crippen LogP) is 3.37. The normalized spacial score (nSPS) is 20.6. The molecular formula is C12H14BrN3S. The predicted molar refractivity (Wildman–Crippen MR) is 74.4 cm³/mol. The molecule has 2 N–H and O–H groups in total. The van der Waals surface area contributed by atoms with Crippen molar-refractivity contribution in [3.63, 3.8) is 0 Å². The van der Waals surface area contributed by atoms with E-state index in [9.17, 15) is 0 Å². The summed E-state index contributed by atoms with van der Waals surface area (Å²) in [5.41, 5.74) is 2.32. The van der Waals surface area contributed by atoms with Gasteiger partial charge in [-0.3, -0.25) is 5.10 Å². The molecule has 1 aliphatic rings. The van der Waals surface area contributed by atoms with Crippen molar-refractivity contribution in [2.75, 3.05) is 13.1 Å². The molecular weight excluding hydrogens is 298 g/mol. The van der Waals surface area contributed by atoms with Crippen LogP contribution in [0.4, 0.5) is 0 Å². The van der Waals surface area contributed by atoms with Gasteiger partial charge in [-0.15, -0.1) is 11.3 Å². The van der Waals surface area contributed by atoms with Crippen molar-refractivity contribution in [3.8, 4) is 10.6 Å². The van der Waals surface area contributed by atoms with Crippen molar-refractivity contribution >= 4 is 27.3 Å². The first-order valence-electron chi connectivity index (χ1n) is 5.84. The van der Waals surface area contributed by atoms with Gasteiger partial charge in [0.1, 0.15) is 5.69 Å². The van der Waals surface area contributed by atoms with E-state index in [1.54, 1.807) is 11.3 Å². The Morgan fingerprint density at radius 3 is 3.06 bits per heavy atom. The Morgan fingerprint density at radius 1 is 1.41 bits per heavy atom. The lowest BCUT2D eigenvalue weighted by Gasteiger charge is -2.21. The van der Waals surface area contributed by atoms with Crippen molar-refractivity contribution in [1.29, 1.82) is 0 Å². The standard InChI is InChI=1S/C12H14BrN3S/c13-12-4-3-11(17-12)10-6-9(15-16-10)8-2-1-5-14-7-8/h3-4,6,8,14H,1-2,5,7H2,(H,15,16). The van der Waals surface area contributed by atoms with Gasteiger partial charge >= 0.3 is 0 Å². The van der Waals surface area contributed by atoms with E-state index in [1.165, 1.54) is 23.4 Å². The second kappa shape index (κ2) is 4.92. The average molecular weight is 312 g/mol. The number of piperidine rings is 1. The Bertz CT molecular complexity index is 499. The van der Waals surface area contributed by atoms with Crippen molar-refractivity contribution in [3.05, 3.63) is 27.7 Å². The molecule has 1 atom stereocenters. The molecule has 0 spiro atoms. The average Bonchev–Trinajstić information content (AvgIpc) is 2.98. The second-order valence-corrected chi connectivity index (χ2v) is 6.82. The van der Waals surface area contributed by atoms with Crippen LogP contribution >= 0.6 is 27.3 Å². The number of rotatable bonds is 2. The van der Waals surface area contributed by atoms with Crippen LogP contribution in [0.2, 0.25) is 0 Å². The molecule has 0 bridgehead atoms. The van der Waals surface area contributed by atoms with Gasteiger partial charge in [-0.05, 0) is 53.5 Å². The lowest BCUT2D eigenvalue weighted by molar-refractivity contribution is 0.454. The highest BCUT2D eigenvalue weighted by Gasteiger charge is 2.18. The van der Waals surface area contributed by atoms with Crippen molar-refractivity contribution < 1.29 is 0 Å². The van der Waals surface area contributed by atoms with E-state index >= 15 is 0 Å². The van der Waals surface area contributed by atoms with Gasteiger partial charge in [0.25, 0.3) is 0 Å². The highest BCUT2D eigenvalue weighted by Crippen LogP contribution is 2.32. The molecule has 1 fully saturated rings. The molecule has 0 aromatic carbocycles. The minimum atomic E-state index is 0.591. The highest BCUT2D eigenvalue weighted by molar-refractivity contribution is 9.11. The van der Waals surface area contributed by atoms with E-state index < -0.39 is 0 Å². The van der Waals surface area contributed by atoms with Crippen LogP contribution in [0.5, 0.6) is 0 Å². The smallest absolute Gasteiger partial charge is 0.102 e. The Labute approximate surface area is 113 Å². The van der Waals surface area contributed by atoms with Crippen LogP contribution in [-0.2, 0) is 0 Å². The van der Waals surface area contributed by atoms with E-state index in [0.717, 1.165) is 22.6 Å². The number of H-pyrrole nitrogens is 1. The van der Waals surface area contributed by atoms with Gasteiger partial charge in [0.05, 0.1) is 8.66 Å². The van der Waals surface area contributed by atoms with Crippen LogP contribution in [0.1, 0.15) is 24.5 Å². The quantitative estimate of drug-likeness (QED) is 0.892. The highest BCUT2D eigenvalue weighted by atomic mass is 79.9. The Hall–Kier alpha value is -0.650. The summed E-state index contributed by atoms with van der Waals surface area (Å²) in [7, 11) is 0. The van der Waals surface area contributed by atoms with Crippen LogP contribution in [0, 0.1) is 0 Å². The van der Waals surface area contributed by atoms with Gasteiger partial charge in [-0.2, -0.15) is 5.10 Å². The molecule has 2 aromatic heterocycles. The van der Waals surface area contributed by atoms with Crippen LogP contribution in [0.3, 0.4) is 0 Å². The zero-order valence-electron chi connectivity index (χ0n) is 9.37. The third-order valence-electron chi connectivity index (χ3n) is 3.16. The third kappa shape index (κ3) is 2.46. The topological polar surface area (TPSA) is 40.7 Å². The van der Waals surface area contributed by atoms with Gasteiger partial charge in [-0.25, -0.2) is 0 Å². The summed E-state index contributed by atoms with van der Waals surface area (Å²) < 4.78 is 1.15. The van der Waals surface area contributed by atoms with Gasteiger partial charge in [0.2, 0.25) is 0 Å². The molecule has 1 unspecified atom stereocenters. The minimum absolute atomic E-state index is 0.591. The minimum Gasteiger partial charge on any atom is -0.316 e. The van der Waals surface area contributed by atoms with E-state index in [0.29, 0.717) is 5.92 Å². The number of halogens is 1. The van der Waals surface area contributed by atoms with Gasteiger partial charge in [-0.1, -0.05) is 0 Å². The fraction of sp³-hybridized carbons (Fsp3) is 0.417. The van der Waals surface area contributed by atoms with Crippen LogP contribution in [-0.4, -0.2) is 23.3 Å². The van der Waals surface area contributed by atoms with Crippen LogP contribution < -0.4 is 5.32 Å². The molecule has 1 saturated heterocycles. The van der Waals surface area contributed by atoms with E-state index in [-0.39, 0.29) is 0 Å². The third-order valence-corrected chi connectivity index (χ3v) is 4.81. The zero-order valence-corrected chi connectivity index (χ0v) is 11.8. The van der Waals surface area contributed by atoms with Crippen molar-refractivity contribution in [1.82, 2.24) is 15.5 Å². The zero-order chi connectivity index (χ0) is 11.7. The number of aromatic nitrogens is 2. The molecule has 3 heterocycles.